The average Bonchev–Trinajstić information content (AvgIpc) is 2.62. The van der Waals surface area contributed by atoms with Crippen LogP contribution < -0.4 is 0 Å². The summed E-state index contributed by atoms with van der Waals surface area (Å²) in [5.41, 5.74) is 8.73. The zero-order valence-electron chi connectivity index (χ0n) is 7.12. The third-order valence-corrected chi connectivity index (χ3v) is 1.54. The fourth-order valence-corrected chi connectivity index (χ4v) is 0.841. The maximum atomic E-state index is 8.58. The number of nitriles is 1. The molecule has 0 radical (unpaired) electrons. The lowest BCUT2D eigenvalue weighted by Crippen LogP contribution is -2.03. The van der Waals surface area contributed by atoms with E-state index in [0.29, 0.717) is 5.69 Å². The number of aromatic nitrogens is 2. The van der Waals surface area contributed by atoms with Gasteiger partial charge in [-0.1, -0.05) is 5.11 Å². The molecule has 13 heavy (non-hydrogen) atoms. The molecule has 66 valence electrons. The molecule has 0 bridgehead atoms. The van der Waals surface area contributed by atoms with E-state index in [-0.39, 0.29) is 12.6 Å². The van der Waals surface area contributed by atoms with Crippen molar-refractivity contribution in [2.24, 2.45) is 5.11 Å². The lowest BCUT2D eigenvalue weighted by molar-refractivity contribution is 0.582. The molecule has 0 aliphatic heterocycles. The Kier molecular flexibility index (Phi) is 2.90. The van der Waals surface area contributed by atoms with E-state index in [1.165, 1.54) is 4.68 Å². The summed E-state index contributed by atoms with van der Waals surface area (Å²) >= 11 is 0. The van der Waals surface area contributed by atoms with E-state index in [1.807, 2.05) is 6.07 Å². The van der Waals surface area contributed by atoms with Gasteiger partial charge in [-0.15, -0.1) is 0 Å². The monoisotopic (exact) mass is 176 g/mol. The summed E-state index contributed by atoms with van der Waals surface area (Å²) in [6.07, 6.45) is 1.69. The van der Waals surface area contributed by atoms with Crippen molar-refractivity contribution in [3.63, 3.8) is 0 Å². The largest absolute Gasteiger partial charge is 0.256 e. The summed E-state index contributed by atoms with van der Waals surface area (Å²) < 4.78 is 1.53. The second-order valence-electron chi connectivity index (χ2n) is 2.48. The van der Waals surface area contributed by atoms with Crippen molar-refractivity contribution in [2.45, 2.75) is 19.5 Å². The van der Waals surface area contributed by atoms with Gasteiger partial charge in [0.15, 0.2) is 0 Å². The number of azide groups is 1. The lowest BCUT2D eigenvalue weighted by atomic mass is 10.4. The lowest BCUT2D eigenvalue weighted by Gasteiger charge is -2.00. The van der Waals surface area contributed by atoms with E-state index in [4.69, 9.17) is 10.8 Å². The van der Waals surface area contributed by atoms with Gasteiger partial charge in [-0.25, -0.2) is 0 Å². The standard InChI is InChI=1S/C7H8N6/c1-6(4-8)13-3-2-7(11-13)5-10-12-9/h2-3,6H,5H2,1H3. The van der Waals surface area contributed by atoms with Gasteiger partial charge < -0.3 is 0 Å². The molecule has 0 amide bonds. The molecule has 6 heteroatoms. The van der Waals surface area contributed by atoms with Gasteiger partial charge in [0, 0.05) is 11.1 Å². The van der Waals surface area contributed by atoms with Gasteiger partial charge in [0.2, 0.25) is 0 Å². The SMILES string of the molecule is CC(C#N)n1ccc(CN=[N+]=[N-])n1. The molecule has 0 aromatic carbocycles. The van der Waals surface area contributed by atoms with Gasteiger partial charge >= 0.3 is 0 Å². The molecule has 1 heterocycles. The minimum Gasteiger partial charge on any atom is -0.256 e. The van der Waals surface area contributed by atoms with Crippen molar-refractivity contribution in [1.82, 2.24) is 9.78 Å². The van der Waals surface area contributed by atoms with Crippen LogP contribution in [0, 0.1) is 11.3 Å². The Bertz CT molecular complexity index is 367. The third kappa shape index (κ3) is 2.22. The van der Waals surface area contributed by atoms with Crippen LogP contribution in [0.15, 0.2) is 17.4 Å². The van der Waals surface area contributed by atoms with E-state index in [9.17, 15) is 0 Å². The molecule has 1 aromatic heterocycles. The van der Waals surface area contributed by atoms with E-state index < -0.39 is 0 Å². The molecule has 1 atom stereocenters. The average molecular weight is 176 g/mol. The smallest absolute Gasteiger partial charge is 0.135 e. The Morgan fingerprint density at radius 3 is 3.31 bits per heavy atom. The maximum Gasteiger partial charge on any atom is 0.135 e. The molecule has 1 unspecified atom stereocenters. The van der Waals surface area contributed by atoms with Crippen molar-refractivity contribution in [2.75, 3.05) is 0 Å². The first kappa shape index (κ1) is 9.10. The van der Waals surface area contributed by atoms with E-state index >= 15 is 0 Å². The van der Waals surface area contributed by atoms with E-state index in [2.05, 4.69) is 15.1 Å². The first-order valence-corrected chi connectivity index (χ1v) is 3.72. The zero-order chi connectivity index (χ0) is 9.68. The topological polar surface area (TPSA) is 90.4 Å². The molecular weight excluding hydrogens is 168 g/mol. The van der Waals surface area contributed by atoms with Gasteiger partial charge in [-0.2, -0.15) is 10.4 Å². The molecule has 0 aliphatic rings. The Hall–Kier alpha value is -1.99. The fourth-order valence-electron chi connectivity index (χ4n) is 0.841. The summed E-state index contributed by atoms with van der Waals surface area (Å²) in [4.78, 5) is 2.62. The predicted molar refractivity (Wildman–Crippen MR) is 45.4 cm³/mol. The highest BCUT2D eigenvalue weighted by Gasteiger charge is 2.03. The Morgan fingerprint density at radius 2 is 2.69 bits per heavy atom. The van der Waals surface area contributed by atoms with Crippen LogP contribution in [0.2, 0.25) is 0 Å². The molecule has 0 N–H and O–H groups in total. The summed E-state index contributed by atoms with van der Waals surface area (Å²) in [6, 6.07) is 3.48. The van der Waals surface area contributed by atoms with Gasteiger partial charge in [0.25, 0.3) is 0 Å². The normalized spacial score (nSPS) is 11.4. The molecule has 0 aliphatic carbocycles. The first-order chi connectivity index (χ1) is 6.27. The van der Waals surface area contributed by atoms with Crippen LogP contribution in [-0.4, -0.2) is 9.78 Å². The quantitative estimate of drug-likeness (QED) is 0.399. The molecule has 1 aromatic rings. The van der Waals surface area contributed by atoms with Gasteiger partial charge in [0.1, 0.15) is 6.04 Å². The molecule has 6 nitrogen and oxygen atoms in total. The molecule has 0 fully saturated rings. The van der Waals surface area contributed by atoms with Gasteiger partial charge in [-0.3, -0.25) is 4.68 Å². The van der Waals surface area contributed by atoms with Crippen LogP contribution in [0.5, 0.6) is 0 Å². The van der Waals surface area contributed by atoms with Crippen LogP contribution in [0.3, 0.4) is 0 Å². The third-order valence-electron chi connectivity index (χ3n) is 1.54. The minimum atomic E-state index is -0.292. The number of hydrogen-bond acceptors (Lipinski definition) is 3. The highest BCUT2D eigenvalue weighted by Crippen LogP contribution is 2.04. The van der Waals surface area contributed by atoms with Gasteiger partial charge in [0.05, 0.1) is 18.3 Å². The fraction of sp³-hybridized carbons (Fsp3) is 0.429. The zero-order valence-corrected chi connectivity index (χ0v) is 7.12. The minimum absolute atomic E-state index is 0.224. The van der Waals surface area contributed by atoms with Gasteiger partial charge in [-0.05, 0) is 18.5 Å². The van der Waals surface area contributed by atoms with Crippen molar-refractivity contribution in [3.8, 4) is 6.07 Å². The Balaban J connectivity index is 2.75. The van der Waals surface area contributed by atoms with Crippen molar-refractivity contribution in [1.29, 1.82) is 5.26 Å². The number of rotatable bonds is 3. The van der Waals surface area contributed by atoms with Crippen molar-refractivity contribution < 1.29 is 0 Å². The van der Waals surface area contributed by atoms with Crippen molar-refractivity contribution >= 4 is 0 Å². The van der Waals surface area contributed by atoms with E-state index in [0.717, 1.165) is 0 Å². The second-order valence-corrected chi connectivity index (χ2v) is 2.48. The Labute approximate surface area is 75.0 Å². The maximum absolute atomic E-state index is 8.58. The molecule has 0 spiro atoms. The molecule has 0 saturated carbocycles. The highest BCUT2D eigenvalue weighted by atomic mass is 15.3. The summed E-state index contributed by atoms with van der Waals surface area (Å²) in [6.45, 7) is 1.96. The van der Waals surface area contributed by atoms with Crippen molar-refractivity contribution in [3.05, 3.63) is 28.4 Å². The van der Waals surface area contributed by atoms with E-state index in [1.54, 1.807) is 19.2 Å². The van der Waals surface area contributed by atoms with Crippen LogP contribution >= 0.6 is 0 Å². The second kappa shape index (κ2) is 4.14. The molecule has 0 saturated heterocycles. The van der Waals surface area contributed by atoms with Crippen LogP contribution in [0.1, 0.15) is 18.7 Å². The summed E-state index contributed by atoms with van der Waals surface area (Å²) in [7, 11) is 0. The predicted octanol–water partition coefficient (Wildman–Crippen LogP) is 1.78. The summed E-state index contributed by atoms with van der Waals surface area (Å²) in [5.74, 6) is 0. The molecule has 1 rings (SSSR count). The Morgan fingerprint density at radius 1 is 1.92 bits per heavy atom. The van der Waals surface area contributed by atoms with Crippen LogP contribution in [-0.2, 0) is 6.54 Å². The summed E-state index contributed by atoms with van der Waals surface area (Å²) in [5, 5.41) is 16.0. The highest BCUT2D eigenvalue weighted by molar-refractivity contribution is 5.01. The number of nitrogens with zero attached hydrogens (tertiary/aromatic N) is 6. The van der Waals surface area contributed by atoms with Crippen LogP contribution in [0.4, 0.5) is 0 Å². The number of hydrogen-bond donors (Lipinski definition) is 0. The van der Waals surface area contributed by atoms with Crippen LogP contribution in [0.25, 0.3) is 10.4 Å². The molecular formula is C7H8N6. The first-order valence-electron chi connectivity index (χ1n) is 3.72.